The Labute approximate surface area is 78.7 Å². The maximum absolute atomic E-state index is 11.1. The summed E-state index contributed by atoms with van der Waals surface area (Å²) < 4.78 is 8.82. The van der Waals surface area contributed by atoms with E-state index in [2.05, 4.69) is 9.47 Å². The number of ether oxygens (including phenoxy) is 2. The highest BCUT2D eigenvalue weighted by molar-refractivity contribution is 6.02. The van der Waals surface area contributed by atoms with E-state index < -0.39 is 29.7 Å². The summed E-state index contributed by atoms with van der Waals surface area (Å²) in [5.74, 6) is -3.39. The Bertz CT molecular complexity index is 314. The monoisotopic (exact) mass is 197 g/mol. The van der Waals surface area contributed by atoms with E-state index in [4.69, 9.17) is 5.41 Å². The molecule has 2 rings (SSSR count). The molecule has 0 radical (unpaired) electrons. The van der Waals surface area contributed by atoms with E-state index in [0.29, 0.717) is 0 Å². The molecule has 0 amide bonds. The van der Waals surface area contributed by atoms with Crippen molar-refractivity contribution in [3.63, 3.8) is 0 Å². The van der Waals surface area contributed by atoms with E-state index in [1.165, 1.54) is 0 Å². The summed E-state index contributed by atoms with van der Waals surface area (Å²) in [5.41, 5.74) is 0. The Morgan fingerprint density at radius 1 is 1.00 bits per heavy atom. The molecule has 2 aliphatic heterocycles. The lowest BCUT2D eigenvalue weighted by molar-refractivity contribution is -0.153. The normalized spacial score (nSPS) is 32.0. The molecule has 1 N–H and O–H groups in total. The van der Waals surface area contributed by atoms with Gasteiger partial charge in [-0.2, -0.15) is 0 Å². The van der Waals surface area contributed by atoms with Crippen LogP contribution in [0.2, 0.25) is 0 Å². The Balaban J connectivity index is 2.16. The Hall–Kier alpha value is -1.72. The third-order valence-corrected chi connectivity index (χ3v) is 2.34. The smallest absolute Gasteiger partial charge is 0.318 e. The predicted molar refractivity (Wildman–Crippen MR) is 41.1 cm³/mol. The second-order valence-corrected chi connectivity index (χ2v) is 3.25. The van der Waals surface area contributed by atoms with Crippen molar-refractivity contribution in [3.8, 4) is 0 Å². The first-order valence-corrected chi connectivity index (χ1v) is 4.11. The number of hydrogen-bond acceptors (Lipinski definition) is 6. The van der Waals surface area contributed by atoms with Crippen LogP contribution < -0.4 is 0 Å². The van der Waals surface area contributed by atoms with Crippen molar-refractivity contribution in [2.75, 3.05) is 0 Å². The molecule has 6 heteroatoms. The first-order chi connectivity index (χ1) is 6.58. The lowest BCUT2D eigenvalue weighted by Crippen LogP contribution is -2.22. The molecule has 2 fully saturated rings. The van der Waals surface area contributed by atoms with Gasteiger partial charge in [-0.25, -0.2) is 0 Å². The first-order valence-electron chi connectivity index (χ1n) is 4.11. The van der Waals surface area contributed by atoms with Gasteiger partial charge in [-0.1, -0.05) is 0 Å². The van der Waals surface area contributed by atoms with Crippen LogP contribution >= 0.6 is 0 Å². The van der Waals surface area contributed by atoms with Gasteiger partial charge in [0.15, 0.2) is 5.90 Å². The number of nitrogens with one attached hydrogen (secondary N) is 1. The van der Waals surface area contributed by atoms with Gasteiger partial charge in [0.1, 0.15) is 0 Å². The van der Waals surface area contributed by atoms with Crippen molar-refractivity contribution in [1.29, 1.82) is 5.41 Å². The number of rotatable bonds is 1. The van der Waals surface area contributed by atoms with E-state index in [1.54, 1.807) is 0 Å². The highest BCUT2D eigenvalue weighted by Gasteiger charge is 2.46. The quantitative estimate of drug-likeness (QED) is 0.456. The van der Waals surface area contributed by atoms with Crippen LogP contribution in [0.4, 0.5) is 0 Å². The van der Waals surface area contributed by atoms with Crippen molar-refractivity contribution < 1.29 is 23.9 Å². The minimum absolute atomic E-state index is 0.0219. The average Bonchev–Trinajstić information content (AvgIpc) is 2.55. The van der Waals surface area contributed by atoms with Gasteiger partial charge in [-0.3, -0.25) is 19.8 Å². The van der Waals surface area contributed by atoms with Crippen LogP contribution in [0.3, 0.4) is 0 Å². The fourth-order valence-electron chi connectivity index (χ4n) is 1.64. The molecule has 0 aromatic rings. The summed E-state index contributed by atoms with van der Waals surface area (Å²) in [6.07, 6.45) is -0.0889. The number of cyclic esters (lactones) is 3. The molecule has 0 aromatic carbocycles. The predicted octanol–water partition coefficient (Wildman–Crippen LogP) is -0.384. The molecule has 2 saturated heterocycles. The fourth-order valence-corrected chi connectivity index (χ4v) is 1.64. The summed E-state index contributed by atoms with van der Waals surface area (Å²) in [4.78, 5) is 32.7. The fraction of sp³-hybridized carbons (Fsp3) is 0.500. The van der Waals surface area contributed by atoms with Gasteiger partial charge < -0.3 is 9.47 Å². The molecule has 0 aliphatic carbocycles. The Morgan fingerprint density at radius 3 is 2.00 bits per heavy atom. The molecule has 2 atom stereocenters. The van der Waals surface area contributed by atoms with E-state index in [9.17, 15) is 14.4 Å². The Kier molecular flexibility index (Phi) is 1.83. The van der Waals surface area contributed by atoms with Crippen molar-refractivity contribution in [2.45, 2.75) is 12.8 Å². The minimum atomic E-state index is -0.721. The molecule has 2 unspecified atom stereocenters. The number of hydrogen-bond donors (Lipinski definition) is 1. The lowest BCUT2D eigenvalue weighted by Gasteiger charge is -2.08. The largest absolute Gasteiger partial charge is 0.412 e. The number of carbonyl (C=O) groups excluding carboxylic acids is 3. The van der Waals surface area contributed by atoms with Gasteiger partial charge in [-0.05, 0) is 0 Å². The second kappa shape index (κ2) is 2.90. The summed E-state index contributed by atoms with van der Waals surface area (Å²) in [6.45, 7) is 0. The van der Waals surface area contributed by atoms with E-state index in [0.717, 1.165) is 0 Å². The molecule has 0 aromatic heterocycles. The van der Waals surface area contributed by atoms with Crippen LogP contribution in [0.5, 0.6) is 0 Å². The number of carbonyl (C=O) groups is 3. The highest BCUT2D eigenvalue weighted by Crippen LogP contribution is 2.31. The van der Waals surface area contributed by atoms with Gasteiger partial charge in [0.05, 0.1) is 24.7 Å². The van der Waals surface area contributed by atoms with Crippen molar-refractivity contribution in [1.82, 2.24) is 0 Å². The van der Waals surface area contributed by atoms with Gasteiger partial charge >= 0.3 is 17.9 Å². The molecule has 14 heavy (non-hydrogen) atoms. The third kappa shape index (κ3) is 1.28. The van der Waals surface area contributed by atoms with Crippen molar-refractivity contribution in [3.05, 3.63) is 0 Å². The van der Waals surface area contributed by atoms with Crippen LogP contribution in [0, 0.1) is 17.2 Å². The summed E-state index contributed by atoms with van der Waals surface area (Å²) >= 11 is 0. The summed E-state index contributed by atoms with van der Waals surface area (Å²) in [5, 5.41) is 7.29. The maximum Gasteiger partial charge on any atom is 0.318 e. The molecule has 2 heterocycles. The topological polar surface area (TPSA) is 93.5 Å². The van der Waals surface area contributed by atoms with Crippen LogP contribution in [-0.2, 0) is 23.9 Å². The first kappa shape index (κ1) is 8.86. The van der Waals surface area contributed by atoms with Crippen molar-refractivity contribution in [2.24, 2.45) is 11.8 Å². The molecular formula is C8H7NO5. The van der Waals surface area contributed by atoms with E-state index in [1.807, 2.05) is 0 Å². The zero-order valence-electron chi connectivity index (χ0n) is 7.11. The maximum atomic E-state index is 11.1. The molecule has 0 spiro atoms. The average molecular weight is 197 g/mol. The van der Waals surface area contributed by atoms with Crippen LogP contribution in [0.25, 0.3) is 0 Å². The van der Waals surface area contributed by atoms with Crippen LogP contribution in [0.1, 0.15) is 12.8 Å². The molecule has 0 bridgehead atoms. The van der Waals surface area contributed by atoms with Gasteiger partial charge in [-0.15, -0.1) is 0 Å². The standard InChI is InChI=1S/C8H7NO5/c9-7-3(1-5(10)13-7)4-2-6(11)14-8(4)12/h3-4,9H,1-2H2. The second-order valence-electron chi connectivity index (χ2n) is 3.25. The molecule has 74 valence electrons. The van der Waals surface area contributed by atoms with Gasteiger partial charge in [0, 0.05) is 0 Å². The molecule has 6 nitrogen and oxygen atoms in total. The lowest BCUT2D eigenvalue weighted by atomic mass is 9.89. The molecule has 2 aliphatic rings. The Morgan fingerprint density at radius 2 is 1.57 bits per heavy atom. The SMILES string of the molecule is N=C1OC(=O)CC1C1CC(=O)OC1=O. The molecular weight excluding hydrogens is 190 g/mol. The van der Waals surface area contributed by atoms with Crippen molar-refractivity contribution >= 4 is 23.8 Å². The third-order valence-electron chi connectivity index (χ3n) is 2.34. The highest BCUT2D eigenvalue weighted by atomic mass is 16.6. The summed E-state index contributed by atoms with van der Waals surface area (Å²) in [6, 6.07) is 0. The molecule has 0 saturated carbocycles. The zero-order valence-corrected chi connectivity index (χ0v) is 7.11. The minimum Gasteiger partial charge on any atom is -0.412 e. The van der Waals surface area contributed by atoms with E-state index >= 15 is 0 Å². The van der Waals surface area contributed by atoms with E-state index in [-0.39, 0.29) is 18.7 Å². The summed E-state index contributed by atoms with van der Waals surface area (Å²) in [7, 11) is 0. The van der Waals surface area contributed by atoms with Crippen LogP contribution in [0.15, 0.2) is 0 Å². The van der Waals surface area contributed by atoms with Gasteiger partial charge in [0.2, 0.25) is 0 Å². The van der Waals surface area contributed by atoms with Crippen LogP contribution in [-0.4, -0.2) is 23.8 Å². The number of esters is 3. The van der Waals surface area contributed by atoms with Gasteiger partial charge in [0.25, 0.3) is 0 Å². The zero-order chi connectivity index (χ0) is 10.3.